The summed E-state index contributed by atoms with van der Waals surface area (Å²) >= 11 is 0. The van der Waals surface area contributed by atoms with Crippen LogP contribution in [0.4, 0.5) is 0 Å². The van der Waals surface area contributed by atoms with Gasteiger partial charge in [-0.25, -0.2) is 4.70 Å². The van der Waals surface area contributed by atoms with Gasteiger partial charge in [-0.2, -0.15) is 0 Å². The molecule has 2 nitrogen and oxygen atoms in total. The number of hydrogen-bond acceptors (Lipinski definition) is 0. The van der Waals surface area contributed by atoms with Crippen molar-refractivity contribution in [3.8, 4) is 23.7 Å². The summed E-state index contributed by atoms with van der Waals surface area (Å²) in [5, 5.41) is 0. The Morgan fingerprint density at radius 1 is 0.351 bits per heavy atom. The van der Waals surface area contributed by atoms with E-state index in [1.165, 1.54) is 220 Å². The lowest BCUT2D eigenvalue weighted by atomic mass is 9.88. The second kappa shape index (κ2) is 44.7. The van der Waals surface area contributed by atoms with Crippen molar-refractivity contribution in [3.63, 3.8) is 0 Å². The van der Waals surface area contributed by atoms with Gasteiger partial charge in [-0.15, -0.1) is 23.7 Å². The molecular formula is C72H116N2. The van der Waals surface area contributed by atoms with Crippen LogP contribution in [0.5, 0.6) is 0 Å². The lowest BCUT2D eigenvalue weighted by Crippen LogP contribution is -2.08. The fourth-order valence-corrected chi connectivity index (χ4v) is 11.5. The maximum absolute atomic E-state index is 12.8. The molecule has 0 bridgehead atoms. The normalized spacial score (nSPS) is 13.4. The van der Waals surface area contributed by atoms with Gasteiger partial charge in [0, 0.05) is 48.0 Å². The van der Waals surface area contributed by atoms with Gasteiger partial charge in [0.05, 0.1) is 0 Å². The van der Waals surface area contributed by atoms with Gasteiger partial charge in [0.15, 0.2) is 0 Å². The molecule has 0 spiro atoms. The Labute approximate surface area is 460 Å². The van der Waals surface area contributed by atoms with E-state index in [9.17, 15) is 5.53 Å². The predicted molar refractivity (Wildman–Crippen MR) is 328 cm³/mol. The SMILES string of the molecule is CCCCCCCCCCCCCCC#CCC(CC)CCc1ccccc1C1=C(CCCC)C(CCCCCCCC)=C(c2ccccc2CCC(CC)CC#CCCCCCCCCCCCCCC)[N+]1=[N-]. The third kappa shape index (κ3) is 27.6. The van der Waals surface area contributed by atoms with Crippen molar-refractivity contribution in [2.45, 2.75) is 324 Å². The highest BCUT2D eigenvalue weighted by atomic mass is 15.2. The first kappa shape index (κ1) is 64.9. The second-order valence-corrected chi connectivity index (χ2v) is 22.9. The topological polar surface area (TPSA) is 25.3 Å². The van der Waals surface area contributed by atoms with Crippen molar-refractivity contribution in [1.29, 1.82) is 0 Å². The summed E-state index contributed by atoms with van der Waals surface area (Å²) in [4.78, 5) is 0. The highest BCUT2D eigenvalue weighted by Crippen LogP contribution is 2.46. The molecule has 2 unspecified atom stereocenters. The zero-order valence-corrected chi connectivity index (χ0v) is 49.8. The largest absolute Gasteiger partial charge is 0.493 e. The van der Waals surface area contributed by atoms with Crippen molar-refractivity contribution in [3.05, 3.63) is 87.5 Å². The van der Waals surface area contributed by atoms with E-state index in [1.54, 1.807) is 4.70 Å². The van der Waals surface area contributed by atoms with Crippen LogP contribution in [0.25, 0.3) is 16.9 Å². The van der Waals surface area contributed by atoms with E-state index in [1.807, 2.05) is 0 Å². The summed E-state index contributed by atoms with van der Waals surface area (Å²) in [6, 6.07) is 18.1. The van der Waals surface area contributed by atoms with Crippen molar-refractivity contribution >= 4 is 11.4 Å². The highest BCUT2D eigenvalue weighted by Gasteiger charge is 2.37. The lowest BCUT2D eigenvalue weighted by molar-refractivity contribution is -0.345. The maximum atomic E-state index is 12.8. The van der Waals surface area contributed by atoms with Crippen LogP contribution in [0.1, 0.15) is 333 Å². The molecule has 414 valence electrons. The van der Waals surface area contributed by atoms with Gasteiger partial charge in [0.2, 0.25) is 11.4 Å². The minimum Gasteiger partial charge on any atom is -0.493 e. The molecule has 0 saturated carbocycles. The molecule has 74 heavy (non-hydrogen) atoms. The molecule has 2 aromatic carbocycles. The van der Waals surface area contributed by atoms with E-state index in [-0.39, 0.29) is 0 Å². The van der Waals surface area contributed by atoms with Crippen molar-refractivity contribution in [2.75, 3.05) is 0 Å². The molecule has 0 aromatic heterocycles. The monoisotopic (exact) mass is 1010 g/mol. The lowest BCUT2D eigenvalue weighted by Gasteiger charge is -2.17. The smallest absolute Gasteiger partial charge is 0.211 e. The first-order chi connectivity index (χ1) is 36.5. The van der Waals surface area contributed by atoms with Crippen LogP contribution in [0.15, 0.2) is 59.7 Å². The average molecular weight is 1010 g/mol. The van der Waals surface area contributed by atoms with Crippen molar-refractivity contribution in [1.82, 2.24) is 0 Å². The molecule has 0 fully saturated rings. The van der Waals surface area contributed by atoms with Gasteiger partial charge in [0.25, 0.3) is 0 Å². The number of allylic oxidation sites excluding steroid dienone is 2. The van der Waals surface area contributed by atoms with E-state index < -0.39 is 0 Å². The molecular weight excluding hydrogens is 893 g/mol. The van der Waals surface area contributed by atoms with Crippen LogP contribution >= 0.6 is 0 Å². The van der Waals surface area contributed by atoms with Crippen molar-refractivity contribution < 1.29 is 4.70 Å². The Morgan fingerprint density at radius 2 is 0.662 bits per heavy atom. The number of benzene rings is 2. The van der Waals surface area contributed by atoms with E-state index in [2.05, 4.69) is 114 Å². The Balaban J connectivity index is 1.67. The minimum atomic E-state index is 0.584. The fraction of sp³-hybridized carbons (Fsp3) is 0.722. The van der Waals surface area contributed by atoms with Crippen LogP contribution < -0.4 is 0 Å². The molecule has 2 aromatic rings. The Morgan fingerprint density at radius 3 is 1.01 bits per heavy atom. The van der Waals surface area contributed by atoms with E-state index in [0.29, 0.717) is 11.8 Å². The quantitative estimate of drug-likeness (QED) is 0.0359. The van der Waals surface area contributed by atoms with Gasteiger partial charge >= 0.3 is 0 Å². The van der Waals surface area contributed by atoms with Gasteiger partial charge < -0.3 is 5.53 Å². The number of aryl methyl sites for hydroxylation is 2. The molecule has 3 rings (SSSR count). The van der Waals surface area contributed by atoms with Gasteiger partial charge in [-0.1, -0.05) is 271 Å². The molecule has 0 radical (unpaired) electrons. The zero-order valence-electron chi connectivity index (χ0n) is 49.8. The van der Waals surface area contributed by atoms with E-state index >= 15 is 0 Å². The fourth-order valence-electron chi connectivity index (χ4n) is 11.5. The molecule has 2 atom stereocenters. The van der Waals surface area contributed by atoms with Crippen LogP contribution in [-0.4, -0.2) is 4.70 Å². The summed E-state index contributed by atoms with van der Waals surface area (Å²) in [6.07, 6.45) is 55.9. The molecule has 0 saturated heterocycles. The Bertz CT molecular complexity index is 1920. The summed E-state index contributed by atoms with van der Waals surface area (Å²) in [6.45, 7) is 13.9. The first-order valence-corrected chi connectivity index (χ1v) is 32.6. The first-order valence-electron chi connectivity index (χ1n) is 32.6. The van der Waals surface area contributed by atoms with E-state index in [0.717, 1.165) is 108 Å². The maximum Gasteiger partial charge on any atom is 0.211 e. The zero-order chi connectivity index (χ0) is 52.9. The molecule has 1 aliphatic heterocycles. The van der Waals surface area contributed by atoms with Crippen LogP contribution in [-0.2, 0) is 12.8 Å². The standard InChI is InChI=1S/C72H116N2/c1-7-13-17-20-23-25-27-29-31-33-35-37-39-41-44-51-63(11-5)59-61-65-53-47-49-56-67(65)71-69(55-16-10-4)70(58-46-43-22-19-15-9-3)72(74(71)73)68-57-50-48-54-66(68)62-60-64(12-6)52-45-42-40-38-36-34-32-30-28-26-24-21-18-14-8-2/h47-50,53-54,56-57,63-64H,7-40,43,46,51-52,55,58-62H2,1-6H3. The number of hydrogen-bond donors (Lipinski definition) is 0. The molecule has 1 heterocycles. The Hall–Kier alpha value is -3.36. The van der Waals surface area contributed by atoms with Crippen LogP contribution in [0.3, 0.4) is 0 Å². The summed E-state index contributed by atoms with van der Waals surface area (Å²) in [7, 11) is 0. The number of unbranched alkanes of at least 4 members (excludes halogenated alkanes) is 30. The number of nitrogens with zero attached hydrogens (tertiary/aromatic N) is 2. The molecule has 0 N–H and O–H groups in total. The van der Waals surface area contributed by atoms with Gasteiger partial charge in [-0.05, 0) is 99.3 Å². The summed E-state index contributed by atoms with van der Waals surface area (Å²) < 4.78 is 1.67. The third-order valence-electron chi connectivity index (χ3n) is 16.6. The average Bonchev–Trinajstić information content (AvgIpc) is 3.69. The van der Waals surface area contributed by atoms with E-state index in [4.69, 9.17) is 0 Å². The van der Waals surface area contributed by atoms with Crippen LogP contribution in [0.2, 0.25) is 0 Å². The van der Waals surface area contributed by atoms with Crippen LogP contribution in [0, 0.1) is 35.5 Å². The second-order valence-electron chi connectivity index (χ2n) is 22.9. The van der Waals surface area contributed by atoms with Gasteiger partial charge in [-0.3, -0.25) is 0 Å². The summed E-state index contributed by atoms with van der Waals surface area (Å²) in [5.74, 6) is 15.6. The Kier molecular flexibility index (Phi) is 39.3. The van der Waals surface area contributed by atoms with Crippen molar-refractivity contribution in [2.24, 2.45) is 11.8 Å². The molecule has 0 aliphatic carbocycles. The molecule has 0 amide bonds. The molecule has 1 aliphatic rings. The highest BCUT2D eigenvalue weighted by molar-refractivity contribution is 5.83. The predicted octanol–water partition coefficient (Wildman–Crippen LogP) is 23.7. The van der Waals surface area contributed by atoms with Gasteiger partial charge in [0.1, 0.15) is 0 Å². The minimum absolute atomic E-state index is 0.584. The number of rotatable bonds is 46. The third-order valence-corrected chi connectivity index (χ3v) is 16.6. The summed E-state index contributed by atoms with van der Waals surface area (Å²) in [5.41, 5.74) is 22.9. The molecule has 2 heteroatoms.